The van der Waals surface area contributed by atoms with E-state index < -0.39 is 0 Å². The van der Waals surface area contributed by atoms with Crippen molar-refractivity contribution in [3.63, 3.8) is 0 Å². The molecule has 3 aromatic heterocycles. The van der Waals surface area contributed by atoms with E-state index in [-0.39, 0.29) is 11.7 Å². The molecular formula is C28H24FN5O. The smallest absolute Gasteiger partial charge is 0.254 e. The van der Waals surface area contributed by atoms with Crippen molar-refractivity contribution in [2.24, 2.45) is 0 Å². The average molecular weight is 466 g/mol. The lowest BCUT2D eigenvalue weighted by molar-refractivity contribution is 0.0795. The van der Waals surface area contributed by atoms with E-state index in [9.17, 15) is 9.18 Å². The number of hydrogen-bond donors (Lipinski definition) is 1. The molecule has 0 radical (unpaired) electrons. The molecule has 0 spiro atoms. The average Bonchev–Trinajstić information content (AvgIpc) is 3.37. The zero-order valence-corrected chi connectivity index (χ0v) is 19.3. The fourth-order valence-electron chi connectivity index (χ4n) is 4.09. The van der Waals surface area contributed by atoms with Crippen molar-refractivity contribution in [2.75, 3.05) is 13.6 Å². The van der Waals surface area contributed by atoms with E-state index in [1.807, 2.05) is 55.6 Å². The van der Waals surface area contributed by atoms with E-state index in [2.05, 4.69) is 15.2 Å². The van der Waals surface area contributed by atoms with Gasteiger partial charge in [-0.3, -0.25) is 14.9 Å². The van der Waals surface area contributed by atoms with Gasteiger partial charge in [0.15, 0.2) is 0 Å². The van der Waals surface area contributed by atoms with Crippen molar-refractivity contribution in [1.82, 2.24) is 25.1 Å². The van der Waals surface area contributed by atoms with Crippen LogP contribution in [0.1, 0.15) is 22.5 Å². The lowest BCUT2D eigenvalue weighted by atomic mass is 10.0. The third-order valence-electron chi connectivity index (χ3n) is 5.98. The molecule has 0 aliphatic rings. The largest absolute Gasteiger partial charge is 0.342 e. The topological polar surface area (TPSA) is 74.8 Å². The molecule has 7 heteroatoms. The Bertz CT molecular complexity index is 1460. The van der Waals surface area contributed by atoms with E-state index in [0.29, 0.717) is 12.1 Å². The number of rotatable bonds is 7. The number of H-pyrrole nitrogens is 1. The van der Waals surface area contributed by atoms with Crippen LogP contribution in [0, 0.1) is 5.82 Å². The summed E-state index contributed by atoms with van der Waals surface area (Å²) in [6.07, 6.45) is 4.95. The number of halogens is 1. The fourth-order valence-corrected chi connectivity index (χ4v) is 4.09. The molecule has 35 heavy (non-hydrogen) atoms. The molecule has 0 saturated heterocycles. The Kier molecular flexibility index (Phi) is 6.30. The third-order valence-corrected chi connectivity index (χ3v) is 5.98. The highest BCUT2D eigenvalue weighted by atomic mass is 19.1. The minimum atomic E-state index is -0.271. The predicted molar refractivity (Wildman–Crippen MR) is 134 cm³/mol. The Labute approximate surface area is 202 Å². The molecule has 2 aromatic carbocycles. The van der Waals surface area contributed by atoms with Gasteiger partial charge in [0.2, 0.25) is 0 Å². The quantitative estimate of drug-likeness (QED) is 0.343. The number of benzene rings is 2. The van der Waals surface area contributed by atoms with Crippen LogP contribution in [-0.2, 0) is 6.42 Å². The maximum absolute atomic E-state index is 13.4. The molecular weight excluding hydrogens is 441 g/mol. The van der Waals surface area contributed by atoms with Gasteiger partial charge in [-0.25, -0.2) is 9.37 Å². The van der Waals surface area contributed by atoms with Gasteiger partial charge in [-0.15, -0.1) is 0 Å². The molecule has 0 aliphatic carbocycles. The van der Waals surface area contributed by atoms with Crippen molar-refractivity contribution < 1.29 is 9.18 Å². The van der Waals surface area contributed by atoms with Gasteiger partial charge in [-0.05, 0) is 67.4 Å². The molecule has 0 unspecified atom stereocenters. The van der Waals surface area contributed by atoms with E-state index >= 15 is 0 Å². The van der Waals surface area contributed by atoms with Crippen LogP contribution >= 0.6 is 0 Å². The molecule has 0 aliphatic heterocycles. The summed E-state index contributed by atoms with van der Waals surface area (Å²) in [5.41, 5.74) is 5.67. The summed E-state index contributed by atoms with van der Waals surface area (Å²) in [5, 5.41) is 8.21. The van der Waals surface area contributed by atoms with Crippen LogP contribution in [-0.4, -0.2) is 44.6 Å². The van der Waals surface area contributed by atoms with Gasteiger partial charge in [0.05, 0.1) is 22.5 Å². The third kappa shape index (κ3) is 4.94. The molecule has 1 amide bonds. The molecule has 0 fully saturated rings. The Morgan fingerprint density at radius 2 is 1.69 bits per heavy atom. The second-order valence-corrected chi connectivity index (χ2v) is 8.42. The van der Waals surface area contributed by atoms with Crippen LogP contribution in [0.25, 0.3) is 33.4 Å². The Morgan fingerprint density at radius 3 is 2.49 bits per heavy atom. The molecule has 5 rings (SSSR count). The van der Waals surface area contributed by atoms with Crippen LogP contribution in [0.5, 0.6) is 0 Å². The van der Waals surface area contributed by atoms with Crippen LogP contribution in [0.3, 0.4) is 0 Å². The first-order valence-corrected chi connectivity index (χ1v) is 11.4. The number of pyridine rings is 2. The lowest BCUT2D eigenvalue weighted by Crippen LogP contribution is -2.28. The number of para-hydroxylation sites is 1. The molecule has 174 valence electrons. The molecule has 3 heterocycles. The summed E-state index contributed by atoms with van der Waals surface area (Å²) in [6, 6.07) is 21.6. The Hall–Kier alpha value is -4.39. The van der Waals surface area contributed by atoms with Gasteiger partial charge >= 0.3 is 0 Å². The van der Waals surface area contributed by atoms with Gasteiger partial charge in [-0.2, -0.15) is 5.10 Å². The summed E-state index contributed by atoms with van der Waals surface area (Å²) in [7, 11) is 1.82. The van der Waals surface area contributed by atoms with Gasteiger partial charge in [0, 0.05) is 48.2 Å². The summed E-state index contributed by atoms with van der Waals surface area (Å²) in [4.78, 5) is 24.0. The number of carbonyl (C=O) groups excluding carboxylic acids is 1. The maximum atomic E-state index is 13.4. The molecule has 0 bridgehead atoms. The maximum Gasteiger partial charge on any atom is 0.254 e. The Morgan fingerprint density at radius 1 is 0.943 bits per heavy atom. The minimum Gasteiger partial charge on any atom is -0.342 e. The zero-order valence-electron chi connectivity index (χ0n) is 19.3. The number of carbonyl (C=O) groups is 1. The highest BCUT2D eigenvalue weighted by molar-refractivity contribution is 6.07. The van der Waals surface area contributed by atoms with Crippen molar-refractivity contribution in [3.8, 4) is 22.5 Å². The first-order valence-electron chi connectivity index (χ1n) is 11.4. The number of aryl methyl sites for hydroxylation is 1. The summed E-state index contributed by atoms with van der Waals surface area (Å²) in [5.74, 6) is -0.317. The number of aromatic nitrogens is 4. The molecule has 6 nitrogen and oxygen atoms in total. The first-order chi connectivity index (χ1) is 17.1. The van der Waals surface area contributed by atoms with Gasteiger partial charge in [0.1, 0.15) is 5.82 Å². The van der Waals surface area contributed by atoms with Gasteiger partial charge in [0.25, 0.3) is 5.91 Å². The number of nitrogens with one attached hydrogen (secondary N) is 1. The van der Waals surface area contributed by atoms with Crippen molar-refractivity contribution in [3.05, 3.63) is 102 Å². The number of amides is 1. The Balaban J connectivity index is 1.29. The van der Waals surface area contributed by atoms with E-state index in [4.69, 9.17) is 4.98 Å². The predicted octanol–water partition coefficient (Wildman–Crippen LogP) is 5.53. The van der Waals surface area contributed by atoms with E-state index in [0.717, 1.165) is 52.0 Å². The van der Waals surface area contributed by atoms with Crippen molar-refractivity contribution >= 4 is 16.8 Å². The molecule has 0 atom stereocenters. The summed E-state index contributed by atoms with van der Waals surface area (Å²) in [6.45, 7) is 0.588. The molecule has 1 N–H and O–H groups in total. The van der Waals surface area contributed by atoms with Crippen molar-refractivity contribution in [1.29, 1.82) is 0 Å². The number of fused-ring (bicyclic) bond motifs is 1. The standard InChI is InChI=1S/C28H24FN5O/c1-34(16-4-5-22-17-27(33-32-22)19-8-10-21(29)11-9-19)28(35)24-18-26(20-12-14-30-15-13-20)31-25-7-3-2-6-23(24)25/h2-3,6-15,17-18H,4-5,16H2,1H3,(H,32,33). The molecule has 0 saturated carbocycles. The van der Waals surface area contributed by atoms with Gasteiger partial charge < -0.3 is 4.90 Å². The number of aromatic amines is 1. The monoisotopic (exact) mass is 465 g/mol. The van der Waals surface area contributed by atoms with Crippen LogP contribution < -0.4 is 0 Å². The first kappa shape index (κ1) is 22.4. The number of nitrogens with zero attached hydrogens (tertiary/aromatic N) is 4. The number of hydrogen-bond acceptors (Lipinski definition) is 4. The van der Waals surface area contributed by atoms with Crippen LogP contribution in [0.2, 0.25) is 0 Å². The molecule has 5 aromatic rings. The van der Waals surface area contributed by atoms with Crippen LogP contribution in [0.15, 0.2) is 85.2 Å². The summed E-state index contributed by atoms with van der Waals surface area (Å²) < 4.78 is 13.2. The van der Waals surface area contributed by atoms with E-state index in [1.165, 1.54) is 12.1 Å². The highest BCUT2D eigenvalue weighted by Gasteiger charge is 2.17. The fraction of sp³-hybridized carbons (Fsp3) is 0.143. The minimum absolute atomic E-state index is 0.0458. The normalized spacial score (nSPS) is 11.0. The highest BCUT2D eigenvalue weighted by Crippen LogP contribution is 2.25. The lowest BCUT2D eigenvalue weighted by Gasteiger charge is -2.19. The van der Waals surface area contributed by atoms with E-state index in [1.54, 1.807) is 29.4 Å². The van der Waals surface area contributed by atoms with Crippen LogP contribution in [0.4, 0.5) is 4.39 Å². The SMILES string of the molecule is CN(CCCc1cc(-c2ccc(F)cc2)n[nH]1)C(=O)c1cc(-c2ccncc2)nc2ccccc12. The summed E-state index contributed by atoms with van der Waals surface area (Å²) >= 11 is 0. The second-order valence-electron chi connectivity index (χ2n) is 8.42. The van der Waals surface area contributed by atoms with Gasteiger partial charge in [-0.1, -0.05) is 18.2 Å². The zero-order chi connectivity index (χ0) is 24.2. The van der Waals surface area contributed by atoms with Crippen molar-refractivity contribution in [2.45, 2.75) is 12.8 Å². The second kappa shape index (κ2) is 9.85.